The molecule has 0 radical (unpaired) electrons. The van der Waals surface area contributed by atoms with Crippen LogP contribution in [-0.2, 0) is 4.79 Å². The molecule has 0 fully saturated rings. The summed E-state index contributed by atoms with van der Waals surface area (Å²) >= 11 is 0. The number of carbonyl (C=O) groups excluding carboxylic acids is 1. The van der Waals surface area contributed by atoms with Gasteiger partial charge in [-0.2, -0.15) is 0 Å². The molecule has 0 aliphatic heterocycles. The second-order valence-electron chi connectivity index (χ2n) is 11.6. The summed E-state index contributed by atoms with van der Waals surface area (Å²) in [5, 5.41) is 0. The Kier molecular flexibility index (Phi) is 6.84. The summed E-state index contributed by atoms with van der Waals surface area (Å²) in [6.45, 7) is 16.2. The first-order chi connectivity index (χ1) is 14.5. The maximum atomic E-state index is 11.9. The van der Waals surface area contributed by atoms with Gasteiger partial charge in [0, 0.05) is 11.0 Å². The topological polar surface area (TPSA) is 17.1 Å². The standard InChI is InChI=1S/C30H42O/c1-22-10-8-17-28(3,4)26(22)15-13-24-12-14-25(21-31)30(7,20-24)19-16-27-23(2)11-9-18-29(27,5)6/h12-16,19,21H,8-11,17-18,20H2,1-7H3/b15-13+,19-16+. The summed E-state index contributed by atoms with van der Waals surface area (Å²) in [6.07, 6.45) is 22.8. The van der Waals surface area contributed by atoms with Crippen molar-refractivity contribution in [3.05, 3.63) is 69.9 Å². The van der Waals surface area contributed by atoms with Crippen LogP contribution in [0, 0.1) is 16.2 Å². The molecule has 0 amide bonds. The Morgan fingerprint density at radius 1 is 0.774 bits per heavy atom. The molecular formula is C30H42O. The molecule has 0 bridgehead atoms. The number of rotatable bonds is 5. The van der Waals surface area contributed by atoms with Gasteiger partial charge in [0.1, 0.15) is 6.29 Å². The molecule has 3 aliphatic carbocycles. The molecule has 168 valence electrons. The van der Waals surface area contributed by atoms with E-state index in [2.05, 4.69) is 78.8 Å². The van der Waals surface area contributed by atoms with Crippen molar-refractivity contribution in [3.8, 4) is 0 Å². The van der Waals surface area contributed by atoms with Crippen molar-refractivity contribution in [1.29, 1.82) is 0 Å². The highest BCUT2D eigenvalue weighted by Gasteiger charge is 2.32. The first kappa shape index (κ1) is 23.8. The molecule has 0 spiro atoms. The lowest BCUT2D eigenvalue weighted by atomic mass is 9.69. The number of hydrogen-bond acceptors (Lipinski definition) is 1. The number of hydrogen-bond donors (Lipinski definition) is 0. The van der Waals surface area contributed by atoms with Gasteiger partial charge >= 0.3 is 0 Å². The van der Waals surface area contributed by atoms with Gasteiger partial charge < -0.3 is 0 Å². The summed E-state index contributed by atoms with van der Waals surface area (Å²) in [5.74, 6) is 0. The minimum absolute atomic E-state index is 0.212. The minimum atomic E-state index is -0.261. The van der Waals surface area contributed by atoms with E-state index in [1.807, 2.05) is 6.08 Å². The van der Waals surface area contributed by atoms with Gasteiger partial charge in [-0.3, -0.25) is 4.79 Å². The average molecular weight is 419 g/mol. The fourth-order valence-corrected chi connectivity index (χ4v) is 5.89. The highest BCUT2D eigenvalue weighted by molar-refractivity contribution is 5.78. The van der Waals surface area contributed by atoms with E-state index in [1.165, 1.54) is 66.4 Å². The molecule has 1 nitrogen and oxygen atoms in total. The quantitative estimate of drug-likeness (QED) is 0.408. The number of carbonyl (C=O) groups is 1. The summed E-state index contributed by atoms with van der Waals surface area (Å²) in [7, 11) is 0. The molecule has 1 heteroatoms. The van der Waals surface area contributed by atoms with Crippen molar-refractivity contribution in [2.45, 2.75) is 93.4 Å². The zero-order chi connectivity index (χ0) is 22.9. The third-order valence-corrected chi connectivity index (χ3v) is 8.00. The molecule has 3 aliphatic rings. The van der Waals surface area contributed by atoms with E-state index in [0.717, 1.165) is 18.3 Å². The second kappa shape index (κ2) is 8.93. The largest absolute Gasteiger partial charge is 0.298 e. The predicted molar refractivity (Wildman–Crippen MR) is 134 cm³/mol. The maximum absolute atomic E-state index is 11.9. The Labute approximate surface area is 190 Å². The van der Waals surface area contributed by atoms with Crippen molar-refractivity contribution in [1.82, 2.24) is 0 Å². The monoisotopic (exact) mass is 418 g/mol. The average Bonchev–Trinajstić information content (AvgIpc) is 2.66. The van der Waals surface area contributed by atoms with Crippen molar-refractivity contribution in [2.24, 2.45) is 16.2 Å². The van der Waals surface area contributed by atoms with Crippen LogP contribution in [-0.4, -0.2) is 6.29 Å². The highest BCUT2D eigenvalue weighted by Crippen LogP contribution is 2.45. The SMILES string of the molecule is CC1=C(/C=C/C2=CC=C(C=O)C(C)(/C=C/C3=C(C)CCCC3(C)C)C2)C(C)(C)CCC1. The smallest absolute Gasteiger partial charge is 0.146 e. The Bertz CT molecular complexity index is 910. The van der Waals surface area contributed by atoms with Gasteiger partial charge in [0.25, 0.3) is 0 Å². The lowest BCUT2D eigenvalue weighted by Crippen LogP contribution is -2.23. The van der Waals surface area contributed by atoms with Crippen molar-refractivity contribution in [3.63, 3.8) is 0 Å². The molecule has 1 unspecified atom stereocenters. The van der Waals surface area contributed by atoms with Crippen LogP contribution in [0.1, 0.15) is 93.4 Å². The molecule has 1 atom stereocenters. The van der Waals surface area contributed by atoms with Crippen LogP contribution in [0.5, 0.6) is 0 Å². The lowest BCUT2D eigenvalue weighted by molar-refractivity contribution is -0.105. The van der Waals surface area contributed by atoms with Crippen molar-refractivity contribution in [2.75, 3.05) is 0 Å². The molecule has 31 heavy (non-hydrogen) atoms. The zero-order valence-corrected chi connectivity index (χ0v) is 20.9. The Morgan fingerprint density at radius 3 is 1.84 bits per heavy atom. The molecule has 0 heterocycles. The molecule has 0 aromatic rings. The number of allylic oxidation sites excluding steroid dienone is 12. The molecule has 3 rings (SSSR count). The third kappa shape index (κ3) is 5.13. The van der Waals surface area contributed by atoms with E-state index in [4.69, 9.17) is 0 Å². The van der Waals surface area contributed by atoms with Crippen molar-refractivity contribution >= 4 is 6.29 Å². The molecule has 0 saturated carbocycles. The molecule has 0 N–H and O–H groups in total. The van der Waals surface area contributed by atoms with Crippen LogP contribution in [0.4, 0.5) is 0 Å². The van der Waals surface area contributed by atoms with Crippen LogP contribution in [0.25, 0.3) is 0 Å². The Morgan fingerprint density at radius 2 is 1.32 bits per heavy atom. The third-order valence-electron chi connectivity index (χ3n) is 8.00. The van der Waals surface area contributed by atoms with Gasteiger partial charge in [0.15, 0.2) is 0 Å². The summed E-state index contributed by atoms with van der Waals surface area (Å²) in [4.78, 5) is 11.9. The van der Waals surface area contributed by atoms with E-state index >= 15 is 0 Å². The predicted octanol–water partition coefficient (Wildman–Crippen LogP) is 8.61. The van der Waals surface area contributed by atoms with E-state index in [0.29, 0.717) is 0 Å². The molecule has 0 aromatic carbocycles. The fourth-order valence-electron chi connectivity index (χ4n) is 5.89. The van der Waals surface area contributed by atoms with Crippen LogP contribution in [0.15, 0.2) is 69.9 Å². The second-order valence-corrected chi connectivity index (χ2v) is 11.6. The fraction of sp³-hybridized carbons (Fsp3) is 0.567. The van der Waals surface area contributed by atoms with Gasteiger partial charge in [-0.05, 0) is 86.3 Å². The molecule has 0 saturated heterocycles. The van der Waals surface area contributed by atoms with E-state index in [1.54, 1.807) is 0 Å². The van der Waals surface area contributed by atoms with Crippen LogP contribution >= 0.6 is 0 Å². The van der Waals surface area contributed by atoms with Crippen molar-refractivity contribution < 1.29 is 4.79 Å². The molecule has 0 aromatic heterocycles. The minimum Gasteiger partial charge on any atom is -0.298 e. The summed E-state index contributed by atoms with van der Waals surface area (Å²) < 4.78 is 0. The summed E-state index contributed by atoms with van der Waals surface area (Å²) in [5.41, 5.74) is 8.35. The first-order valence-corrected chi connectivity index (χ1v) is 12.1. The summed E-state index contributed by atoms with van der Waals surface area (Å²) in [6, 6.07) is 0. The highest BCUT2D eigenvalue weighted by atomic mass is 16.1. The maximum Gasteiger partial charge on any atom is 0.146 e. The Hall–Kier alpha value is -1.89. The van der Waals surface area contributed by atoms with E-state index in [-0.39, 0.29) is 16.2 Å². The van der Waals surface area contributed by atoms with Crippen LogP contribution in [0.3, 0.4) is 0 Å². The van der Waals surface area contributed by atoms with Crippen LogP contribution < -0.4 is 0 Å². The zero-order valence-electron chi connectivity index (χ0n) is 20.9. The van der Waals surface area contributed by atoms with Gasteiger partial charge in [-0.1, -0.05) is 82.2 Å². The van der Waals surface area contributed by atoms with Gasteiger partial charge in [0.05, 0.1) is 0 Å². The molecular weight excluding hydrogens is 376 g/mol. The van der Waals surface area contributed by atoms with Gasteiger partial charge in [0.2, 0.25) is 0 Å². The van der Waals surface area contributed by atoms with Gasteiger partial charge in [-0.25, -0.2) is 0 Å². The Balaban J connectivity index is 1.87. The van der Waals surface area contributed by atoms with Crippen LogP contribution in [0.2, 0.25) is 0 Å². The van der Waals surface area contributed by atoms with Gasteiger partial charge in [-0.15, -0.1) is 0 Å². The first-order valence-electron chi connectivity index (χ1n) is 12.1. The van der Waals surface area contributed by atoms with E-state index in [9.17, 15) is 4.79 Å². The normalized spacial score (nSPS) is 28.9. The number of aldehydes is 1. The lowest BCUT2D eigenvalue weighted by Gasteiger charge is -2.35. The van der Waals surface area contributed by atoms with E-state index < -0.39 is 0 Å².